The molecule has 2 aromatic heterocycles. The molecule has 24 heavy (non-hydrogen) atoms. The molecule has 1 aromatic carbocycles. The Labute approximate surface area is 141 Å². The van der Waals surface area contributed by atoms with Crippen LogP contribution >= 0.6 is 0 Å². The molecule has 3 aromatic rings. The van der Waals surface area contributed by atoms with Gasteiger partial charge in [-0.3, -0.25) is 9.98 Å². The summed E-state index contributed by atoms with van der Waals surface area (Å²) in [6.07, 6.45) is 8.17. The summed E-state index contributed by atoms with van der Waals surface area (Å²) in [5, 5.41) is 6.34. The first-order valence-electron chi connectivity index (χ1n) is 7.92. The fourth-order valence-electron chi connectivity index (χ4n) is 2.63. The maximum absolute atomic E-state index is 4.71. The van der Waals surface area contributed by atoms with Crippen molar-refractivity contribution in [3.8, 4) is 0 Å². The van der Waals surface area contributed by atoms with Crippen LogP contribution in [0.4, 0.5) is 5.82 Å². The lowest BCUT2D eigenvalue weighted by atomic mass is 10.1. The molecule has 0 saturated carbocycles. The van der Waals surface area contributed by atoms with Crippen LogP contribution in [0.5, 0.6) is 0 Å². The number of aromatic nitrogens is 2. The van der Waals surface area contributed by atoms with Crippen LogP contribution < -0.4 is 15.8 Å². The van der Waals surface area contributed by atoms with Crippen LogP contribution in [0.15, 0.2) is 53.8 Å². The Kier molecular flexibility index (Phi) is 4.96. The predicted molar refractivity (Wildman–Crippen MR) is 102 cm³/mol. The van der Waals surface area contributed by atoms with Crippen LogP contribution in [0.2, 0.25) is 0 Å². The molecule has 3 rings (SSSR count). The van der Waals surface area contributed by atoms with Crippen molar-refractivity contribution in [3.63, 3.8) is 0 Å². The van der Waals surface area contributed by atoms with E-state index in [-0.39, 0.29) is 0 Å². The van der Waals surface area contributed by atoms with E-state index in [9.17, 15) is 0 Å². The van der Waals surface area contributed by atoms with Crippen LogP contribution in [-0.4, -0.2) is 29.8 Å². The smallest absolute Gasteiger partial charge is 0.134 e. The summed E-state index contributed by atoms with van der Waals surface area (Å²) in [4.78, 5) is 12.9. The number of pyridine rings is 2. The number of aliphatic imine (C=N–C) groups is 1. The van der Waals surface area contributed by atoms with Crippen LogP contribution in [0.3, 0.4) is 0 Å². The molecule has 0 spiro atoms. The van der Waals surface area contributed by atoms with E-state index in [1.165, 1.54) is 5.56 Å². The zero-order valence-corrected chi connectivity index (χ0v) is 13.7. The first-order valence-corrected chi connectivity index (χ1v) is 7.92. The number of hydrogen-bond acceptors (Lipinski definition) is 4. The highest BCUT2D eigenvalue weighted by Gasteiger charge is 2.04. The topological polar surface area (TPSA) is 50.2 Å². The Hall–Kier alpha value is -3.01. The van der Waals surface area contributed by atoms with E-state index in [1.807, 2.05) is 18.2 Å². The minimum Gasteiger partial charge on any atom is -0.369 e. The van der Waals surface area contributed by atoms with E-state index < -0.39 is 0 Å². The van der Waals surface area contributed by atoms with E-state index in [0.717, 1.165) is 40.1 Å². The summed E-state index contributed by atoms with van der Waals surface area (Å²) >= 11 is 0. The van der Waals surface area contributed by atoms with Gasteiger partial charge in [-0.15, -0.1) is 0 Å². The van der Waals surface area contributed by atoms with Crippen molar-refractivity contribution in [2.75, 3.05) is 18.9 Å². The van der Waals surface area contributed by atoms with Gasteiger partial charge < -0.3 is 5.32 Å². The quantitative estimate of drug-likeness (QED) is 0.734. The molecule has 120 valence electrons. The van der Waals surface area contributed by atoms with Crippen molar-refractivity contribution in [1.29, 1.82) is 0 Å². The van der Waals surface area contributed by atoms with Crippen LogP contribution in [0.25, 0.3) is 23.6 Å². The third-order valence-electron chi connectivity index (χ3n) is 3.88. The number of rotatable bonds is 5. The molecule has 4 nitrogen and oxygen atoms in total. The molecule has 0 amide bonds. The van der Waals surface area contributed by atoms with Gasteiger partial charge in [0.2, 0.25) is 0 Å². The van der Waals surface area contributed by atoms with Crippen LogP contribution in [-0.2, 0) is 6.42 Å². The number of hydrogen-bond donors (Lipinski definition) is 1. The van der Waals surface area contributed by atoms with Gasteiger partial charge in [-0.25, -0.2) is 4.98 Å². The Morgan fingerprint density at radius 3 is 2.83 bits per heavy atom. The second-order valence-corrected chi connectivity index (χ2v) is 5.48. The molecular formula is C20H20N4. The molecule has 0 fully saturated rings. The molecular weight excluding hydrogens is 296 g/mol. The molecule has 0 saturated heterocycles. The zero-order valence-electron chi connectivity index (χ0n) is 13.7. The summed E-state index contributed by atoms with van der Waals surface area (Å²) in [5.41, 5.74) is 2.14. The number of nitrogens with zero attached hydrogens (tertiary/aromatic N) is 3. The second-order valence-electron chi connectivity index (χ2n) is 5.48. The van der Waals surface area contributed by atoms with Crippen molar-refractivity contribution >= 4 is 35.6 Å². The van der Waals surface area contributed by atoms with Gasteiger partial charge in [-0.05, 0) is 29.3 Å². The highest BCUT2D eigenvalue weighted by atomic mass is 15.0. The van der Waals surface area contributed by atoms with Crippen LogP contribution in [0.1, 0.15) is 5.56 Å². The first-order chi connectivity index (χ1) is 11.8. The average Bonchev–Trinajstić information content (AvgIpc) is 2.62. The minimum atomic E-state index is 0.798. The van der Waals surface area contributed by atoms with E-state index in [1.54, 1.807) is 25.7 Å². The van der Waals surface area contributed by atoms with Gasteiger partial charge in [-0.2, -0.15) is 0 Å². The van der Waals surface area contributed by atoms with Gasteiger partial charge in [0.05, 0.1) is 11.7 Å². The maximum Gasteiger partial charge on any atom is 0.134 e. The Morgan fingerprint density at radius 2 is 2.04 bits per heavy atom. The number of benzene rings is 1. The summed E-state index contributed by atoms with van der Waals surface area (Å²) < 4.78 is 0. The van der Waals surface area contributed by atoms with Crippen molar-refractivity contribution in [1.82, 2.24) is 9.97 Å². The van der Waals surface area contributed by atoms with E-state index in [2.05, 4.69) is 46.1 Å². The van der Waals surface area contributed by atoms with E-state index in [0.29, 0.717) is 0 Å². The van der Waals surface area contributed by atoms with Gasteiger partial charge in [0, 0.05) is 36.6 Å². The molecule has 0 bridgehead atoms. The summed E-state index contributed by atoms with van der Waals surface area (Å²) in [7, 11) is 1.75. The molecule has 0 aliphatic heterocycles. The summed E-state index contributed by atoms with van der Waals surface area (Å²) in [6, 6.07) is 12.3. The van der Waals surface area contributed by atoms with Crippen molar-refractivity contribution in [3.05, 3.63) is 64.8 Å². The van der Waals surface area contributed by atoms with Gasteiger partial charge in [0.25, 0.3) is 0 Å². The van der Waals surface area contributed by atoms with Crippen molar-refractivity contribution in [2.24, 2.45) is 4.99 Å². The number of anilines is 1. The monoisotopic (exact) mass is 316 g/mol. The fourth-order valence-corrected chi connectivity index (χ4v) is 2.63. The molecule has 1 N–H and O–H groups in total. The lowest BCUT2D eigenvalue weighted by Gasteiger charge is -2.09. The Bertz CT molecular complexity index is 962. The fraction of sp³-hybridized carbons (Fsp3) is 0.150. The summed E-state index contributed by atoms with van der Waals surface area (Å²) in [6.45, 7) is 5.03. The summed E-state index contributed by atoms with van der Waals surface area (Å²) in [5.74, 6) is 0.816. The third kappa shape index (κ3) is 3.49. The molecule has 0 aliphatic carbocycles. The number of nitrogens with one attached hydrogen (secondary N) is 1. The average molecular weight is 316 g/mol. The van der Waals surface area contributed by atoms with Crippen LogP contribution in [0, 0.1) is 0 Å². The van der Waals surface area contributed by atoms with E-state index >= 15 is 0 Å². The zero-order chi connectivity index (χ0) is 16.8. The molecule has 0 aliphatic rings. The van der Waals surface area contributed by atoms with Gasteiger partial charge in [0.1, 0.15) is 5.82 Å². The standard InChI is InChI=1S/C20H20N4/c1-15-17-10-12-22-14-19(17)24-20(18(15)9-11-21-2)23-13-8-16-6-4-3-5-7-16/h3-7,9-12,14H,1,8,13H2,2H3,(H,23,24)/b18-9+,21-11?. The maximum atomic E-state index is 4.71. The number of fused-ring (bicyclic) bond motifs is 1. The first kappa shape index (κ1) is 15.9. The van der Waals surface area contributed by atoms with Gasteiger partial charge in [0.15, 0.2) is 0 Å². The normalized spacial score (nSPS) is 12.1. The molecule has 0 radical (unpaired) electrons. The molecule has 4 heteroatoms. The Balaban J connectivity index is 1.95. The highest BCUT2D eigenvalue weighted by Crippen LogP contribution is 2.06. The second kappa shape index (κ2) is 7.51. The Morgan fingerprint density at radius 1 is 1.21 bits per heavy atom. The molecule has 0 atom stereocenters. The van der Waals surface area contributed by atoms with Gasteiger partial charge in [-0.1, -0.05) is 36.9 Å². The SMILES string of the molecule is C=c1/c(=C\C=NC)c(NCCc2ccccc2)nc2cnccc12. The van der Waals surface area contributed by atoms with E-state index in [4.69, 9.17) is 4.98 Å². The van der Waals surface area contributed by atoms with Crippen molar-refractivity contribution in [2.45, 2.75) is 6.42 Å². The lowest BCUT2D eigenvalue weighted by Crippen LogP contribution is -2.30. The third-order valence-corrected chi connectivity index (χ3v) is 3.88. The van der Waals surface area contributed by atoms with Crippen molar-refractivity contribution < 1.29 is 0 Å². The molecule has 0 unspecified atom stereocenters. The lowest BCUT2D eigenvalue weighted by molar-refractivity contribution is 1.01. The largest absolute Gasteiger partial charge is 0.369 e. The highest BCUT2D eigenvalue weighted by molar-refractivity contribution is 5.93. The predicted octanol–water partition coefficient (Wildman–Crippen LogP) is 2.18. The molecule has 2 heterocycles. The van der Waals surface area contributed by atoms with Gasteiger partial charge >= 0.3 is 0 Å². The minimum absolute atomic E-state index is 0.798.